The van der Waals surface area contributed by atoms with E-state index in [1.165, 1.54) is 12.8 Å². The molecule has 0 aromatic heterocycles. The van der Waals surface area contributed by atoms with Crippen molar-refractivity contribution in [1.82, 2.24) is 0 Å². The molecule has 1 aliphatic heterocycles. The topological polar surface area (TPSA) is 66.8 Å². The summed E-state index contributed by atoms with van der Waals surface area (Å²) in [6, 6.07) is 3.49. The molecule has 1 heterocycles. The highest BCUT2D eigenvalue weighted by Crippen LogP contribution is 2.42. The number of carbonyl (C=O) groups excluding carboxylic acids is 2. The number of unbranched alkanes of at least 4 members (excludes halogenated alkanes) is 2. The number of carbonyl (C=O) groups is 2. The van der Waals surface area contributed by atoms with Gasteiger partial charge < -0.3 is 19.5 Å². The van der Waals surface area contributed by atoms with Gasteiger partial charge in [0.1, 0.15) is 17.3 Å². The standard InChI is InChI=1S/C22H33NO4/c1-5-6-7-8-16(3)27-19-12-21-20(22(26)13-19)11-18(10-9-15(2)25)17(4)23(21)14-24/h12-14,16-18,26H,5-11H2,1-4H3. The van der Waals surface area contributed by atoms with Gasteiger partial charge in [0.2, 0.25) is 6.41 Å². The lowest BCUT2D eigenvalue weighted by atomic mass is 9.83. The fraction of sp³-hybridized carbons (Fsp3) is 0.636. The number of hydrogen-bond donors (Lipinski definition) is 1. The second-order valence-corrected chi connectivity index (χ2v) is 7.82. The largest absolute Gasteiger partial charge is 0.507 e. The molecule has 1 aromatic rings. The van der Waals surface area contributed by atoms with Crippen LogP contribution in [0.3, 0.4) is 0 Å². The minimum absolute atomic E-state index is 0.0222. The zero-order valence-corrected chi connectivity index (χ0v) is 17.0. The predicted octanol–water partition coefficient (Wildman–Crippen LogP) is 4.63. The number of anilines is 1. The molecule has 1 amide bonds. The van der Waals surface area contributed by atoms with Crippen LogP contribution in [0.25, 0.3) is 0 Å². The molecule has 1 aromatic carbocycles. The molecular formula is C22H33NO4. The molecule has 5 heteroatoms. The zero-order valence-electron chi connectivity index (χ0n) is 17.0. The molecule has 3 atom stereocenters. The number of ether oxygens (including phenoxy) is 1. The van der Waals surface area contributed by atoms with Gasteiger partial charge >= 0.3 is 0 Å². The summed E-state index contributed by atoms with van der Waals surface area (Å²) in [6.45, 7) is 7.79. The third-order valence-electron chi connectivity index (χ3n) is 5.57. The second kappa shape index (κ2) is 9.77. The van der Waals surface area contributed by atoms with Crippen LogP contribution in [0.15, 0.2) is 12.1 Å². The van der Waals surface area contributed by atoms with Crippen LogP contribution in [-0.2, 0) is 16.0 Å². The first-order valence-corrected chi connectivity index (χ1v) is 10.1. The monoisotopic (exact) mass is 375 g/mol. The number of nitrogens with zero attached hydrogens (tertiary/aromatic N) is 1. The first-order chi connectivity index (χ1) is 12.9. The van der Waals surface area contributed by atoms with Gasteiger partial charge in [0, 0.05) is 30.2 Å². The average Bonchev–Trinajstić information content (AvgIpc) is 2.60. The lowest BCUT2D eigenvalue weighted by Crippen LogP contribution is -2.43. The van der Waals surface area contributed by atoms with E-state index in [4.69, 9.17) is 4.74 Å². The number of phenolic OH excluding ortho intramolecular Hbond substituents is 1. The molecule has 0 saturated heterocycles. The third kappa shape index (κ3) is 5.47. The van der Waals surface area contributed by atoms with Crippen molar-refractivity contribution < 1.29 is 19.4 Å². The van der Waals surface area contributed by atoms with E-state index in [0.29, 0.717) is 30.7 Å². The van der Waals surface area contributed by atoms with Crippen molar-refractivity contribution in [3.05, 3.63) is 17.7 Å². The maximum absolute atomic E-state index is 11.8. The summed E-state index contributed by atoms with van der Waals surface area (Å²) in [5.74, 6) is 1.05. The molecule has 0 radical (unpaired) electrons. The molecule has 5 nitrogen and oxygen atoms in total. The first-order valence-electron chi connectivity index (χ1n) is 10.1. The van der Waals surface area contributed by atoms with Crippen molar-refractivity contribution in [1.29, 1.82) is 0 Å². The summed E-state index contributed by atoms with van der Waals surface area (Å²) in [7, 11) is 0. The van der Waals surface area contributed by atoms with Gasteiger partial charge in [-0.15, -0.1) is 0 Å². The van der Waals surface area contributed by atoms with Crippen molar-refractivity contribution in [3.8, 4) is 11.5 Å². The minimum atomic E-state index is -0.0222. The van der Waals surface area contributed by atoms with Gasteiger partial charge in [-0.3, -0.25) is 4.79 Å². The number of benzene rings is 1. The van der Waals surface area contributed by atoms with E-state index in [9.17, 15) is 14.7 Å². The maximum Gasteiger partial charge on any atom is 0.214 e. The Labute approximate surface area is 162 Å². The smallest absolute Gasteiger partial charge is 0.214 e. The van der Waals surface area contributed by atoms with Crippen LogP contribution >= 0.6 is 0 Å². The highest BCUT2D eigenvalue weighted by atomic mass is 16.5. The van der Waals surface area contributed by atoms with Gasteiger partial charge in [0.15, 0.2) is 0 Å². The van der Waals surface area contributed by atoms with Crippen LogP contribution in [0, 0.1) is 5.92 Å². The number of hydrogen-bond acceptors (Lipinski definition) is 4. The van der Waals surface area contributed by atoms with Gasteiger partial charge in [-0.1, -0.05) is 19.8 Å². The van der Waals surface area contributed by atoms with Crippen molar-refractivity contribution in [3.63, 3.8) is 0 Å². The van der Waals surface area contributed by atoms with Gasteiger partial charge in [-0.2, -0.15) is 0 Å². The molecule has 3 unspecified atom stereocenters. The van der Waals surface area contributed by atoms with E-state index in [1.54, 1.807) is 17.9 Å². The zero-order chi connectivity index (χ0) is 20.0. The van der Waals surface area contributed by atoms with Crippen molar-refractivity contribution in [2.45, 2.75) is 84.8 Å². The van der Waals surface area contributed by atoms with Crippen LogP contribution in [0.5, 0.6) is 11.5 Å². The normalized spacial score (nSPS) is 20.1. The highest BCUT2D eigenvalue weighted by Gasteiger charge is 2.33. The van der Waals surface area contributed by atoms with Crippen molar-refractivity contribution in [2.75, 3.05) is 4.90 Å². The Bertz CT molecular complexity index is 658. The first kappa shape index (κ1) is 21.3. The molecule has 0 saturated carbocycles. The Morgan fingerprint density at radius 1 is 1.41 bits per heavy atom. The van der Waals surface area contributed by atoms with Crippen LogP contribution < -0.4 is 9.64 Å². The van der Waals surface area contributed by atoms with E-state index in [2.05, 4.69) is 6.92 Å². The molecule has 27 heavy (non-hydrogen) atoms. The van der Waals surface area contributed by atoms with Crippen molar-refractivity contribution in [2.24, 2.45) is 5.92 Å². The minimum Gasteiger partial charge on any atom is -0.507 e. The molecule has 0 aliphatic carbocycles. The van der Waals surface area contributed by atoms with Gasteiger partial charge in [-0.05, 0) is 52.4 Å². The molecule has 1 aliphatic rings. The van der Waals surface area contributed by atoms with Crippen LogP contribution in [0.2, 0.25) is 0 Å². The number of aromatic hydroxyl groups is 1. The van der Waals surface area contributed by atoms with Gasteiger partial charge in [0.05, 0.1) is 11.8 Å². The van der Waals surface area contributed by atoms with E-state index in [-0.39, 0.29) is 29.6 Å². The van der Waals surface area contributed by atoms with E-state index >= 15 is 0 Å². The maximum atomic E-state index is 11.8. The fourth-order valence-electron chi connectivity index (χ4n) is 3.86. The summed E-state index contributed by atoms with van der Waals surface area (Å²) in [6.07, 6.45) is 7.17. The highest BCUT2D eigenvalue weighted by molar-refractivity contribution is 5.81. The summed E-state index contributed by atoms with van der Waals surface area (Å²) >= 11 is 0. The number of ketones is 1. The number of amides is 1. The Kier molecular flexibility index (Phi) is 7.69. The third-order valence-corrected chi connectivity index (χ3v) is 5.57. The molecular weight excluding hydrogens is 342 g/mol. The Hall–Kier alpha value is -2.04. The van der Waals surface area contributed by atoms with Crippen LogP contribution in [0.1, 0.15) is 71.8 Å². The molecule has 150 valence electrons. The lowest BCUT2D eigenvalue weighted by molar-refractivity contribution is -0.117. The molecule has 1 N–H and O–H groups in total. The number of phenols is 1. The van der Waals surface area contributed by atoms with Gasteiger partial charge in [0.25, 0.3) is 0 Å². The summed E-state index contributed by atoms with van der Waals surface area (Å²) < 4.78 is 5.99. The van der Waals surface area contributed by atoms with Crippen LogP contribution in [0.4, 0.5) is 5.69 Å². The summed E-state index contributed by atoms with van der Waals surface area (Å²) in [5, 5.41) is 10.6. The van der Waals surface area contributed by atoms with Gasteiger partial charge in [-0.25, -0.2) is 0 Å². The summed E-state index contributed by atoms with van der Waals surface area (Å²) in [5.41, 5.74) is 1.48. The SMILES string of the molecule is CCCCCC(C)Oc1cc(O)c2c(c1)N(C=O)C(C)C(CCC(C)=O)C2. The Morgan fingerprint density at radius 3 is 2.78 bits per heavy atom. The Balaban J connectivity index is 2.20. The lowest BCUT2D eigenvalue weighted by Gasteiger charge is -2.39. The predicted molar refractivity (Wildman–Crippen MR) is 107 cm³/mol. The Morgan fingerprint density at radius 2 is 2.15 bits per heavy atom. The van der Waals surface area contributed by atoms with Crippen LogP contribution in [-0.4, -0.2) is 29.4 Å². The quantitative estimate of drug-likeness (QED) is 0.478. The van der Waals surface area contributed by atoms with E-state index < -0.39 is 0 Å². The van der Waals surface area contributed by atoms with E-state index in [0.717, 1.165) is 24.8 Å². The number of rotatable bonds is 10. The molecule has 0 fully saturated rings. The molecule has 0 spiro atoms. The van der Waals surface area contributed by atoms with Crippen molar-refractivity contribution >= 4 is 17.9 Å². The summed E-state index contributed by atoms with van der Waals surface area (Å²) in [4.78, 5) is 24.8. The number of fused-ring (bicyclic) bond motifs is 1. The molecule has 2 rings (SSSR count). The fourth-order valence-corrected chi connectivity index (χ4v) is 3.86. The molecule has 0 bridgehead atoms. The number of Topliss-reactive ketones (excluding diaryl/α,β-unsaturated/α-hetero) is 1. The average molecular weight is 376 g/mol. The van der Waals surface area contributed by atoms with E-state index in [1.807, 2.05) is 19.9 Å². The second-order valence-electron chi connectivity index (χ2n) is 7.82.